The second-order valence-corrected chi connectivity index (χ2v) is 7.35. The van der Waals surface area contributed by atoms with Gasteiger partial charge in [-0.3, -0.25) is 9.69 Å². The zero-order valence-electron chi connectivity index (χ0n) is 13.8. The van der Waals surface area contributed by atoms with Gasteiger partial charge in [0.05, 0.1) is 6.10 Å². The first-order valence-corrected chi connectivity index (χ1v) is 8.24. The predicted molar refractivity (Wildman–Crippen MR) is 82.4 cm³/mol. The number of nitrogens with one attached hydrogen (secondary N) is 1. The highest BCUT2D eigenvalue weighted by molar-refractivity contribution is 5.86. The van der Waals surface area contributed by atoms with E-state index >= 15 is 0 Å². The Balaban J connectivity index is 1.89. The second-order valence-electron chi connectivity index (χ2n) is 7.35. The summed E-state index contributed by atoms with van der Waals surface area (Å²) in [7, 11) is 0. The lowest BCUT2D eigenvalue weighted by atomic mass is 9.93. The molecule has 0 radical (unpaired) electrons. The van der Waals surface area contributed by atoms with Crippen molar-refractivity contribution >= 4 is 12.0 Å². The molecule has 0 aromatic heterocycles. The van der Waals surface area contributed by atoms with E-state index in [2.05, 4.69) is 5.32 Å². The highest BCUT2D eigenvalue weighted by atomic mass is 16.6. The lowest BCUT2D eigenvalue weighted by Gasteiger charge is -2.30. The van der Waals surface area contributed by atoms with E-state index in [1.54, 1.807) is 0 Å². The van der Waals surface area contributed by atoms with Crippen LogP contribution in [0.1, 0.15) is 59.3 Å². The molecule has 2 amide bonds. The Labute approximate surface area is 132 Å². The third-order valence-corrected chi connectivity index (χ3v) is 4.23. The van der Waals surface area contributed by atoms with Crippen LogP contribution in [0.4, 0.5) is 4.79 Å². The third-order valence-electron chi connectivity index (χ3n) is 4.23. The first-order chi connectivity index (χ1) is 10.3. The number of rotatable bonds is 2. The van der Waals surface area contributed by atoms with E-state index in [1.165, 1.54) is 4.90 Å². The number of amides is 2. The summed E-state index contributed by atoms with van der Waals surface area (Å²) in [6.45, 7) is 6.03. The molecule has 126 valence electrons. The topological polar surface area (TPSA) is 78.9 Å². The smallest absolute Gasteiger partial charge is 0.410 e. The molecule has 2 fully saturated rings. The van der Waals surface area contributed by atoms with Crippen LogP contribution in [-0.4, -0.2) is 52.3 Å². The number of nitrogens with zero attached hydrogens (tertiary/aromatic N) is 1. The van der Waals surface area contributed by atoms with Gasteiger partial charge < -0.3 is 15.2 Å². The summed E-state index contributed by atoms with van der Waals surface area (Å²) in [6.07, 6.45) is 3.90. The Bertz CT molecular complexity index is 411. The molecule has 0 spiro atoms. The fourth-order valence-electron chi connectivity index (χ4n) is 3.10. The molecule has 6 heteroatoms. The SMILES string of the molecule is CC(C)(C)OC(=O)N1CCCC1C(=O)NC1CCC(O)CC1. The van der Waals surface area contributed by atoms with E-state index < -0.39 is 17.7 Å². The van der Waals surface area contributed by atoms with Gasteiger partial charge in [0.25, 0.3) is 0 Å². The Morgan fingerprint density at radius 2 is 1.77 bits per heavy atom. The van der Waals surface area contributed by atoms with Crippen molar-refractivity contribution in [3.8, 4) is 0 Å². The van der Waals surface area contributed by atoms with Crippen LogP contribution in [-0.2, 0) is 9.53 Å². The van der Waals surface area contributed by atoms with Crippen molar-refractivity contribution in [2.75, 3.05) is 6.54 Å². The average Bonchev–Trinajstić information content (AvgIpc) is 2.89. The predicted octanol–water partition coefficient (Wildman–Crippen LogP) is 1.81. The van der Waals surface area contributed by atoms with Crippen molar-refractivity contribution in [2.24, 2.45) is 0 Å². The highest BCUT2D eigenvalue weighted by Crippen LogP contribution is 2.23. The van der Waals surface area contributed by atoms with Gasteiger partial charge >= 0.3 is 6.09 Å². The molecule has 1 saturated carbocycles. The molecule has 0 aromatic rings. The van der Waals surface area contributed by atoms with Crippen LogP contribution in [0.15, 0.2) is 0 Å². The minimum atomic E-state index is -0.555. The zero-order chi connectivity index (χ0) is 16.3. The van der Waals surface area contributed by atoms with Gasteiger partial charge in [-0.25, -0.2) is 4.79 Å². The molecule has 0 bridgehead atoms. The maximum Gasteiger partial charge on any atom is 0.410 e. The van der Waals surface area contributed by atoms with Gasteiger partial charge in [0, 0.05) is 12.6 Å². The molecule has 22 heavy (non-hydrogen) atoms. The Morgan fingerprint density at radius 1 is 1.14 bits per heavy atom. The van der Waals surface area contributed by atoms with E-state index in [1.807, 2.05) is 20.8 Å². The summed E-state index contributed by atoms with van der Waals surface area (Å²) in [5, 5.41) is 12.5. The molecule has 0 aromatic carbocycles. The fourth-order valence-corrected chi connectivity index (χ4v) is 3.10. The third kappa shape index (κ3) is 4.60. The lowest BCUT2D eigenvalue weighted by Crippen LogP contribution is -2.50. The number of ether oxygens (including phenoxy) is 1. The number of aliphatic hydroxyl groups excluding tert-OH is 1. The fraction of sp³-hybridized carbons (Fsp3) is 0.875. The summed E-state index contributed by atoms with van der Waals surface area (Å²) < 4.78 is 5.38. The van der Waals surface area contributed by atoms with Crippen LogP contribution in [0.2, 0.25) is 0 Å². The van der Waals surface area contributed by atoms with Crippen molar-refractivity contribution in [2.45, 2.75) is 83.1 Å². The minimum absolute atomic E-state index is 0.0928. The average molecular weight is 312 g/mol. The monoisotopic (exact) mass is 312 g/mol. The summed E-state index contributed by atoms with van der Waals surface area (Å²) in [5.74, 6) is -0.0928. The lowest BCUT2D eigenvalue weighted by molar-refractivity contribution is -0.126. The molecular weight excluding hydrogens is 284 g/mol. The maximum atomic E-state index is 12.5. The van der Waals surface area contributed by atoms with Gasteiger partial charge in [-0.1, -0.05) is 0 Å². The number of carbonyl (C=O) groups is 2. The molecule has 1 atom stereocenters. The molecule has 2 N–H and O–H groups in total. The first-order valence-electron chi connectivity index (χ1n) is 8.24. The molecule has 1 saturated heterocycles. The zero-order valence-corrected chi connectivity index (χ0v) is 13.8. The van der Waals surface area contributed by atoms with Crippen molar-refractivity contribution in [1.29, 1.82) is 0 Å². The Hall–Kier alpha value is -1.30. The van der Waals surface area contributed by atoms with Crippen LogP contribution < -0.4 is 5.32 Å². The number of hydrogen-bond donors (Lipinski definition) is 2. The number of carbonyl (C=O) groups excluding carboxylic acids is 2. The highest BCUT2D eigenvalue weighted by Gasteiger charge is 2.37. The number of hydrogen-bond acceptors (Lipinski definition) is 4. The normalized spacial score (nSPS) is 29.3. The first kappa shape index (κ1) is 17.1. The summed E-state index contributed by atoms with van der Waals surface area (Å²) in [5.41, 5.74) is -0.555. The summed E-state index contributed by atoms with van der Waals surface area (Å²) in [4.78, 5) is 26.2. The van der Waals surface area contributed by atoms with E-state index in [9.17, 15) is 14.7 Å². The number of aliphatic hydroxyl groups is 1. The van der Waals surface area contributed by atoms with Gasteiger partial charge in [0.15, 0.2) is 0 Å². The largest absolute Gasteiger partial charge is 0.444 e. The Kier molecular flexibility index (Phi) is 5.32. The molecule has 6 nitrogen and oxygen atoms in total. The maximum absolute atomic E-state index is 12.5. The van der Waals surface area contributed by atoms with Gasteiger partial charge in [0.2, 0.25) is 5.91 Å². The van der Waals surface area contributed by atoms with Crippen LogP contribution in [0.3, 0.4) is 0 Å². The van der Waals surface area contributed by atoms with Crippen LogP contribution in [0.5, 0.6) is 0 Å². The van der Waals surface area contributed by atoms with E-state index in [0.29, 0.717) is 13.0 Å². The van der Waals surface area contributed by atoms with Crippen molar-refractivity contribution in [3.63, 3.8) is 0 Å². The van der Waals surface area contributed by atoms with Crippen LogP contribution in [0, 0.1) is 0 Å². The van der Waals surface area contributed by atoms with Gasteiger partial charge in [-0.15, -0.1) is 0 Å². The molecule has 1 aliphatic carbocycles. The van der Waals surface area contributed by atoms with E-state index in [4.69, 9.17) is 4.74 Å². The van der Waals surface area contributed by atoms with Crippen LogP contribution >= 0.6 is 0 Å². The van der Waals surface area contributed by atoms with Gasteiger partial charge in [-0.05, 0) is 59.3 Å². The molecule has 1 heterocycles. The quantitative estimate of drug-likeness (QED) is 0.815. The molecule has 2 aliphatic rings. The molecule has 1 aliphatic heterocycles. The standard InChI is InChI=1S/C16H28N2O4/c1-16(2,3)22-15(21)18-10-4-5-13(18)14(20)17-11-6-8-12(19)9-7-11/h11-13,19H,4-10H2,1-3H3,(H,17,20). The van der Waals surface area contributed by atoms with Crippen molar-refractivity contribution in [3.05, 3.63) is 0 Å². The number of likely N-dealkylation sites (tertiary alicyclic amines) is 1. The molecule has 2 rings (SSSR count). The summed E-state index contributed by atoms with van der Waals surface area (Å²) >= 11 is 0. The second kappa shape index (κ2) is 6.86. The molecular formula is C16H28N2O4. The van der Waals surface area contributed by atoms with Crippen molar-refractivity contribution in [1.82, 2.24) is 10.2 Å². The van der Waals surface area contributed by atoms with Gasteiger partial charge in [0.1, 0.15) is 11.6 Å². The Morgan fingerprint density at radius 3 is 2.36 bits per heavy atom. The summed E-state index contributed by atoms with van der Waals surface area (Å²) in [6, 6.07) is -0.321. The minimum Gasteiger partial charge on any atom is -0.444 e. The van der Waals surface area contributed by atoms with Gasteiger partial charge in [-0.2, -0.15) is 0 Å². The van der Waals surface area contributed by atoms with Crippen molar-refractivity contribution < 1.29 is 19.4 Å². The van der Waals surface area contributed by atoms with Crippen LogP contribution in [0.25, 0.3) is 0 Å². The molecule has 1 unspecified atom stereocenters. The van der Waals surface area contributed by atoms with E-state index in [-0.39, 0.29) is 18.1 Å². The van der Waals surface area contributed by atoms with E-state index in [0.717, 1.165) is 32.1 Å².